The van der Waals surface area contributed by atoms with Gasteiger partial charge in [-0.25, -0.2) is 0 Å². The summed E-state index contributed by atoms with van der Waals surface area (Å²) >= 11 is 12.6. The van der Waals surface area contributed by atoms with Crippen molar-refractivity contribution in [2.45, 2.75) is 19.4 Å². The Kier molecular flexibility index (Phi) is 7.72. The van der Waals surface area contributed by atoms with Crippen LogP contribution in [0.15, 0.2) is 66.2 Å². The number of rotatable bonds is 7. The van der Waals surface area contributed by atoms with Crippen LogP contribution in [0.4, 0.5) is 5.69 Å². The van der Waals surface area contributed by atoms with Gasteiger partial charge in [-0.2, -0.15) is 5.26 Å². The summed E-state index contributed by atoms with van der Waals surface area (Å²) < 4.78 is 10.9. The number of Topliss-reactive ketones (excluding diaryl/α,β-unsaturated/α-hetero) is 1. The molecule has 1 fully saturated rings. The lowest BCUT2D eigenvalue weighted by atomic mass is 9.95. The highest BCUT2D eigenvalue weighted by atomic mass is 35.5. The van der Waals surface area contributed by atoms with Crippen LogP contribution in [0.5, 0.6) is 11.5 Å². The highest BCUT2D eigenvalue weighted by Gasteiger charge is 2.47. The Bertz CT molecular complexity index is 1420. The third kappa shape index (κ3) is 4.99. The first-order chi connectivity index (χ1) is 17.8. The maximum absolute atomic E-state index is 13.4. The lowest BCUT2D eigenvalue weighted by Gasteiger charge is -2.26. The number of anilines is 1. The molecule has 3 aromatic rings. The molecular weight excluding hydrogens is 515 g/mol. The van der Waals surface area contributed by atoms with Gasteiger partial charge in [-0.05, 0) is 60.5 Å². The van der Waals surface area contributed by atoms with Gasteiger partial charge in [-0.1, -0.05) is 42.3 Å². The summed E-state index contributed by atoms with van der Waals surface area (Å²) in [6.45, 7) is 2.47. The quantitative estimate of drug-likeness (QED) is 0.216. The second-order valence-corrected chi connectivity index (χ2v) is 9.04. The number of benzene rings is 3. The Hall–Kier alpha value is -3.99. The molecule has 4 rings (SSSR count). The second-order valence-electron chi connectivity index (χ2n) is 8.22. The number of aliphatic hydroxyl groups excluding tert-OH is 1. The lowest BCUT2D eigenvalue weighted by Crippen LogP contribution is -2.29. The average molecular weight is 537 g/mol. The molecule has 1 N–H and O–H groups in total. The fourth-order valence-electron chi connectivity index (χ4n) is 4.15. The van der Waals surface area contributed by atoms with Crippen molar-refractivity contribution in [2.75, 3.05) is 18.6 Å². The maximum atomic E-state index is 13.4. The van der Waals surface area contributed by atoms with Crippen molar-refractivity contribution >= 4 is 46.3 Å². The third-order valence-corrected chi connectivity index (χ3v) is 6.40. The minimum Gasteiger partial charge on any atom is -0.507 e. The molecule has 0 saturated carbocycles. The zero-order valence-corrected chi connectivity index (χ0v) is 21.5. The van der Waals surface area contributed by atoms with Crippen LogP contribution in [-0.2, 0) is 9.59 Å². The van der Waals surface area contributed by atoms with Crippen molar-refractivity contribution in [2.24, 2.45) is 0 Å². The molecule has 0 spiro atoms. The summed E-state index contributed by atoms with van der Waals surface area (Å²) in [7, 11) is 1.41. The van der Waals surface area contributed by atoms with Gasteiger partial charge < -0.3 is 14.6 Å². The van der Waals surface area contributed by atoms with E-state index in [2.05, 4.69) is 0 Å². The van der Waals surface area contributed by atoms with Crippen molar-refractivity contribution in [3.8, 4) is 17.6 Å². The summed E-state index contributed by atoms with van der Waals surface area (Å²) in [6.07, 6.45) is 0.799. The first-order valence-corrected chi connectivity index (χ1v) is 12.1. The number of ether oxygens (including phenoxy) is 2. The van der Waals surface area contributed by atoms with Gasteiger partial charge in [0.15, 0.2) is 5.75 Å². The molecule has 37 heavy (non-hydrogen) atoms. The number of carbonyl (C=O) groups is 2. The van der Waals surface area contributed by atoms with Gasteiger partial charge in [-0.15, -0.1) is 0 Å². The smallest absolute Gasteiger partial charge is 0.300 e. The average Bonchev–Trinajstić information content (AvgIpc) is 3.17. The monoisotopic (exact) mass is 536 g/mol. The van der Waals surface area contributed by atoms with Crippen molar-refractivity contribution < 1.29 is 24.2 Å². The SMILES string of the molecule is CCCOc1cccc(C2/C(=C(\O)c3cc(Cl)c(OC)c(Cl)c3)C(=O)C(=O)N2c2ccc(C#N)cc2)c1. The Morgan fingerprint density at radius 1 is 1.08 bits per heavy atom. The maximum Gasteiger partial charge on any atom is 0.300 e. The predicted molar refractivity (Wildman–Crippen MR) is 141 cm³/mol. The Labute approximate surface area is 224 Å². The van der Waals surface area contributed by atoms with E-state index in [4.69, 9.17) is 32.7 Å². The van der Waals surface area contributed by atoms with Gasteiger partial charge in [0.2, 0.25) is 0 Å². The van der Waals surface area contributed by atoms with E-state index in [0.717, 1.165) is 6.42 Å². The van der Waals surface area contributed by atoms with Gasteiger partial charge in [-0.3, -0.25) is 14.5 Å². The van der Waals surface area contributed by atoms with Crippen LogP contribution >= 0.6 is 23.2 Å². The standard InChI is InChI=1S/C28H22Cl2N2O5/c1-3-11-37-20-6-4-5-17(12-20)24-23(25(33)18-13-21(29)27(36-2)22(30)14-18)26(34)28(35)32(24)19-9-7-16(15-31)8-10-19/h4-10,12-14,24,33H,3,11H2,1-2H3/b25-23+. The number of hydrogen-bond acceptors (Lipinski definition) is 6. The van der Waals surface area contributed by atoms with E-state index in [1.165, 1.54) is 24.1 Å². The van der Waals surface area contributed by atoms with E-state index >= 15 is 0 Å². The molecule has 1 unspecified atom stereocenters. The highest BCUT2D eigenvalue weighted by molar-refractivity contribution is 6.51. The van der Waals surface area contributed by atoms with Gasteiger partial charge in [0.05, 0.1) is 47.0 Å². The van der Waals surface area contributed by atoms with E-state index in [9.17, 15) is 20.0 Å². The number of ketones is 1. The number of carbonyl (C=O) groups excluding carboxylic acids is 2. The number of halogens is 2. The molecule has 0 aliphatic carbocycles. The van der Waals surface area contributed by atoms with Crippen LogP contribution in [0.25, 0.3) is 5.76 Å². The van der Waals surface area contributed by atoms with E-state index in [-0.39, 0.29) is 26.9 Å². The fourth-order valence-corrected chi connectivity index (χ4v) is 4.79. The van der Waals surface area contributed by atoms with Crippen LogP contribution in [-0.4, -0.2) is 30.5 Å². The number of hydrogen-bond donors (Lipinski definition) is 1. The molecule has 1 atom stereocenters. The number of nitriles is 1. The third-order valence-electron chi connectivity index (χ3n) is 5.84. The van der Waals surface area contributed by atoms with Crippen LogP contribution in [0.1, 0.15) is 36.1 Å². The van der Waals surface area contributed by atoms with E-state index < -0.39 is 23.5 Å². The summed E-state index contributed by atoms with van der Waals surface area (Å²) in [6, 6.07) is 17.1. The van der Waals surface area contributed by atoms with Crippen LogP contribution in [0.2, 0.25) is 10.0 Å². The molecule has 1 saturated heterocycles. The number of methoxy groups -OCH3 is 1. The largest absolute Gasteiger partial charge is 0.507 e. The molecule has 1 heterocycles. The number of amides is 1. The van der Waals surface area contributed by atoms with Gasteiger partial charge in [0, 0.05) is 11.3 Å². The number of aliphatic hydroxyl groups is 1. The molecule has 9 heteroatoms. The van der Waals surface area contributed by atoms with Crippen molar-refractivity contribution in [3.63, 3.8) is 0 Å². The number of nitrogens with zero attached hydrogens (tertiary/aromatic N) is 2. The second kappa shape index (κ2) is 11.0. The molecule has 0 radical (unpaired) electrons. The minimum atomic E-state index is -0.988. The summed E-state index contributed by atoms with van der Waals surface area (Å²) in [5.74, 6) is -1.38. The van der Waals surface area contributed by atoms with Crippen molar-refractivity contribution in [1.82, 2.24) is 0 Å². The fraction of sp³-hybridized carbons (Fsp3) is 0.179. The van der Waals surface area contributed by atoms with E-state index in [1.807, 2.05) is 13.0 Å². The van der Waals surface area contributed by atoms with E-state index in [0.29, 0.717) is 29.2 Å². The molecular formula is C28H22Cl2N2O5. The zero-order chi connectivity index (χ0) is 26.7. The summed E-state index contributed by atoms with van der Waals surface area (Å²) in [5.41, 5.74) is 1.34. The molecule has 3 aromatic carbocycles. The Morgan fingerprint density at radius 3 is 2.35 bits per heavy atom. The zero-order valence-electron chi connectivity index (χ0n) is 20.0. The van der Waals surface area contributed by atoms with Gasteiger partial charge in [0.1, 0.15) is 11.5 Å². The molecule has 1 amide bonds. The first-order valence-electron chi connectivity index (χ1n) is 11.4. The molecule has 0 bridgehead atoms. The summed E-state index contributed by atoms with van der Waals surface area (Å²) in [5, 5.41) is 20.8. The van der Waals surface area contributed by atoms with Crippen molar-refractivity contribution in [1.29, 1.82) is 5.26 Å². The molecule has 0 aromatic heterocycles. The molecule has 7 nitrogen and oxygen atoms in total. The van der Waals surface area contributed by atoms with Crippen molar-refractivity contribution in [3.05, 3.63) is 93.0 Å². The van der Waals surface area contributed by atoms with Crippen LogP contribution in [0.3, 0.4) is 0 Å². The molecule has 188 valence electrons. The topological polar surface area (TPSA) is 99.9 Å². The van der Waals surface area contributed by atoms with Gasteiger partial charge >= 0.3 is 0 Å². The summed E-state index contributed by atoms with van der Waals surface area (Å²) in [4.78, 5) is 28.0. The van der Waals surface area contributed by atoms with Crippen LogP contribution < -0.4 is 14.4 Å². The molecule has 1 aliphatic rings. The Morgan fingerprint density at radius 2 is 1.76 bits per heavy atom. The predicted octanol–water partition coefficient (Wildman–Crippen LogP) is 6.29. The van der Waals surface area contributed by atoms with Crippen LogP contribution in [0, 0.1) is 11.3 Å². The lowest BCUT2D eigenvalue weighted by molar-refractivity contribution is -0.132. The van der Waals surface area contributed by atoms with Gasteiger partial charge in [0.25, 0.3) is 11.7 Å². The molecule has 1 aliphatic heterocycles. The normalized spacial score (nSPS) is 16.5. The van der Waals surface area contributed by atoms with E-state index in [1.54, 1.807) is 48.5 Å². The highest BCUT2D eigenvalue weighted by Crippen LogP contribution is 2.44. The minimum absolute atomic E-state index is 0.129. The Balaban J connectivity index is 1.93. The first kappa shape index (κ1) is 26.1.